The molecule has 0 amide bonds. The molecule has 1 aliphatic heterocycles. The lowest BCUT2D eigenvalue weighted by atomic mass is 10.1. The number of aryl methyl sites for hydroxylation is 1. The van der Waals surface area contributed by atoms with Gasteiger partial charge in [-0.25, -0.2) is 9.67 Å². The van der Waals surface area contributed by atoms with Gasteiger partial charge >= 0.3 is 0 Å². The molecular weight excluding hydrogens is 445 g/mol. The summed E-state index contributed by atoms with van der Waals surface area (Å²) in [6, 6.07) is 5.82. The molecular formula is C22H32N5O3PS. The molecule has 8 nitrogen and oxygen atoms in total. The summed E-state index contributed by atoms with van der Waals surface area (Å²) in [5.74, 6) is 0.990. The SMILES string of the molecule is COP(C)Nc1ccc2c(c1)SNC(c1c(O)c(CC(C)C)nn(CCC(C)C)c1=O)=N2. The van der Waals surface area contributed by atoms with Crippen molar-refractivity contribution < 1.29 is 9.63 Å². The quantitative estimate of drug-likeness (QED) is 0.349. The van der Waals surface area contributed by atoms with Crippen molar-refractivity contribution in [1.82, 2.24) is 14.5 Å². The number of aromatic hydroxyl groups is 1. The summed E-state index contributed by atoms with van der Waals surface area (Å²) < 4.78 is 9.94. The van der Waals surface area contributed by atoms with Crippen molar-refractivity contribution >= 4 is 37.5 Å². The summed E-state index contributed by atoms with van der Waals surface area (Å²) in [6.45, 7) is 10.8. The van der Waals surface area contributed by atoms with Gasteiger partial charge in [0, 0.05) is 19.3 Å². The number of anilines is 1. The molecule has 0 spiro atoms. The maximum absolute atomic E-state index is 13.2. The highest BCUT2D eigenvalue weighted by Gasteiger charge is 2.25. The van der Waals surface area contributed by atoms with Crippen LogP contribution in [0.4, 0.5) is 11.4 Å². The molecule has 0 saturated carbocycles. The molecule has 2 aromatic rings. The van der Waals surface area contributed by atoms with Crippen LogP contribution in [0.25, 0.3) is 0 Å². The highest BCUT2D eigenvalue weighted by molar-refractivity contribution is 7.98. The molecule has 0 fully saturated rings. The third kappa shape index (κ3) is 5.82. The summed E-state index contributed by atoms with van der Waals surface area (Å²) in [4.78, 5) is 18.8. The van der Waals surface area contributed by atoms with Crippen molar-refractivity contribution in [3.05, 3.63) is 39.8 Å². The first-order chi connectivity index (χ1) is 15.2. The van der Waals surface area contributed by atoms with Crippen LogP contribution >= 0.6 is 20.2 Å². The van der Waals surface area contributed by atoms with E-state index in [-0.39, 0.29) is 22.8 Å². The summed E-state index contributed by atoms with van der Waals surface area (Å²) >= 11 is 1.37. The minimum Gasteiger partial charge on any atom is -0.505 e. The highest BCUT2D eigenvalue weighted by atomic mass is 32.2. The van der Waals surface area contributed by atoms with E-state index in [1.54, 1.807) is 7.11 Å². The molecule has 1 unspecified atom stereocenters. The van der Waals surface area contributed by atoms with E-state index in [0.29, 0.717) is 30.4 Å². The van der Waals surface area contributed by atoms with Crippen LogP contribution in [0.3, 0.4) is 0 Å². The molecule has 0 saturated heterocycles. The third-order valence-electron chi connectivity index (χ3n) is 4.97. The van der Waals surface area contributed by atoms with E-state index in [4.69, 9.17) is 4.52 Å². The molecule has 32 heavy (non-hydrogen) atoms. The van der Waals surface area contributed by atoms with Crippen LogP contribution in [0.15, 0.2) is 32.9 Å². The minimum absolute atomic E-state index is 0.0881. The lowest BCUT2D eigenvalue weighted by molar-refractivity contribution is 0.421. The number of aliphatic imine (C=N–C) groups is 1. The maximum atomic E-state index is 13.2. The number of hydrogen-bond donors (Lipinski definition) is 3. The molecule has 1 aromatic carbocycles. The smallest absolute Gasteiger partial charge is 0.281 e. The van der Waals surface area contributed by atoms with Gasteiger partial charge in [-0.2, -0.15) is 5.10 Å². The van der Waals surface area contributed by atoms with Gasteiger partial charge in [0.05, 0.1) is 10.6 Å². The van der Waals surface area contributed by atoms with Crippen molar-refractivity contribution in [2.75, 3.05) is 18.9 Å². The highest BCUT2D eigenvalue weighted by Crippen LogP contribution is 2.38. The topological polar surface area (TPSA) is 101 Å². The van der Waals surface area contributed by atoms with Crippen molar-refractivity contribution in [3.8, 4) is 5.75 Å². The fourth-order valence-corrected chi connectivity index (χ4v) is 4.57. The van der Waals surface area contributed by atoms with Crippen LogP contribution in [0, 0.1) is 11.8 Å². The van der Waals surface area contributed by atoms with Gasteiger partial charge in [0.25, 0.3) is 5.56 Å². The van der Waals surface area contributed by atoms with Crippen LogP contribution in [-0.2, 0) is 17.5 Å². The van der Waals surface area contributed by atoms with Gasteiger partial charge in [0.15, 0.2) is 11.6 Å². The summed E-state index contributed by atoms with van der Waals surface area (Å²) in [6.07, 6.45) is 1.40. The molecule has 0 bridgehead atoms. The largest absolute Gasteiger partial charge is 0.505 e. The first-order valence-corrected chi connectivity index (χ1v) is 13.2. The Labute approximate surface area is 194 Å². The number of hydrogen-bond acceptors (Lipinski definition) is 8. The standard InChI is InChI=1S/C22H32N5O3PS/c1-13(2)9-10-27-22(29)19(20(28)17(24-27)11-14(3)4)21-23-16-8-7-15(25-31(6)30-5)12-18(16)32-26-21/h7-8,12-14,25,28H,9-11H2,1-6H3,(H,23,26). The van der Waals surface area contributed by atoms with Crippen LogP contribution in [-0.4, -0.2) is 34.5 Å². The van der Waals surface area contributed by atoms with Gasteiger partial charge in [-0.1, -0.05) is 27.7 Å². The minimum atomic E-state index is -0.745. The monoisotopic (exact) mass is 477 g/mol. The fraction of sp³-hybridized carbons (Fsp3) is 0.500. The fourth-order valence-electron chi connectivity index (χ4n) is 3.22. The van der Waals surface area contributed by atoms with Gasteiger partial charge in [-0.3, -0.25) is 4.79 Å². The summed E-state index contributed by atoms with van der Waals surface area (Å²) in [5, 5.41) is 18.8. The first kappa shape index (κ1) is 24.6. The zero-order valence-corrected chi connectivity index (χ0v) is 21.2. The molecule has 0 radical (unpaired) electrons. The van der Waals surface area contributed by atoms with Gasteiger partial charge in [-0.15, -0.1) is 0 Å². The Balaban J connectivity index is 2.02. The maximum Gasteiger partial charge on any atom is 0.281 e. The van der Waals surface area contributed by atoms with Gasteiger partial charge in [0.2, 0.25) is 0 Å². The van der Waals surface area contributed by atoms with Gasteiger partial charge < -0.3 is 19.4 Å². The number of aromatic nitrogens is 2. The summed E-state index contributed by atoms with van der Waals surface area (Å²) in [5.41, 5.74) is 2.04. The van der Waals surface area contributed by atoms with E-state index in [2.05, 4.69) is 47.6 Å². The molecule has 1 aliphatic rings. The Morgan fingerprint density at radius 3 is 2.69 bits per heavy atom. The second kappa shape index (κ2) is 10.7. The average molecular weight is 478 g/mol. The Hall–Kier alpha value is -2.09. The molecule has 0 aliphatic carbocycles. The van der Waals surface area contributed by atoms with E-state index in [0.717, 1.165) is 22.7 Å². The van der Waals surface area contributed by atoms with Gasteiger partial charge in [0.1, 0.15) is 19.6 Å². The number of nitrogens with zero attached hydrogens (tertiary/aromatic N) is 3. The summed E-state index contributed by atoms with van der Waals surface area (Å²) in [7, 11) is 0.929. The van der Waals surface area contributed by atoms with Crippen LogP contribution < -0.4 is 15.4 Å². The number of benzene rings is 1. The lowest BCUT2D eigenvalue weighted by Crippen LogP contribution is -2.34. The predicted molar refractivity (Wildman–Crippen MR) is 133 cm³/mol. The second-order valence-electron chi connectivity index (χ2n) is 8.62. The first-order valence-electron chi connectivity index (χ1n) is 10.7. The number of nitrogens with one attached hydrogen (secondary N) is 2. The van der Waals surface area contributed by atoms with E-state index >= 15 is 0 Å². The molecule has 10 heteroatoms. The zero-order valence-electron chi connectivity index (χ0n) is 19.5. The van der Waals surface area contributed by atoms with E-state index in [1.807, 2.05) is 24.9 Å². The van der Waals surface area contributed by atoms with E-state index in [9.17, 15) is 9.90 Å². The second-order valence-corrected chi connectivity index (χ2v) is 11.0. The van der Waals surface area contributed by atoms with E-state index < -0.39 is 8.30 Å². The van der Waals surface area contributed by atoms with Crippen LogP contribution in [0.1, 0.15) is 45.4 Å². The normalized spacial score (nSPS) is 14.2. The predicted octanol–water partition coefficient (Wildman–Crippen LogP) is 4.88. The van der Waals surface area contributed by atoms with Crippen LogP contribution in [0.5, 0.6) is 5.75 Å². The van der Waals surface area contributed by atoms with Crippen LogP contribution in [0.2, 0.25) is 0 Å². The number of rotatable bonds is 9. The Bertz CT molecular complexity index is 1050. The molecule has 1 aromatic heterocycles. The van der Waals surface area contributed by atoms with Crippen molar-refractivity contribution in [3.63, 3.8) is 0 Å². The van der Waals surface area contributed by atoms with Gasteiger partial charge in [-0.05, 0) is 61.5 Å². The van der Waals surface area contributed by atoms with E-state index in [1.165, 1.54) is 16.6 Å². The molecule has 2 heterocycles. The number of amidine groups is 1. The van der Waals surface area contributed by atoms with Crippen molar-refractivity contribution in [1.29, 1.82) is 0 Å². The Kier molecular flexibility index (Phi) is 8.20. The average Bonchev–Trinajstić information content (AvgIpc) is 2.74. The number of fused-ring (bicyclic) bond motifs is 1. The Morgan fingerprint density at radius 1 is 1.28 bits per heavy atom. The molecule has 3 N–H and O–H groups in total. The zero-order chi connectivity index (χ0) is 23.4. The third-order valence-corrected chi connectivity index (χ3v) is 6.93. The lowest BCUT2D eigenvalue weighted by Gasteiger charge is -2.20. The Morgan fingerprint density at radius 2 is 2.03 bits per heavy atom. The van der Waals surface area contributed by atoms with Crippen molar-refractivity contribution in [2.24, 2.45) is 16.8 Å². The molecule has 1 atom stereocenters. The van der Waals surface area contributed by atoms with Crippen molar-refractivity contribution in [2.45, 2.75) is 52.0 Å². The molecule has 3 rings (SSSR count). The molecule has 174 valence electrons.